The summed E-state index contributed by atoms with van der Waals surface area (Å²) < 4.78 is 6.37. The highest BCUT2D eigenvalue weighted by atomic mass is 16.5. The molecule has 2 aliphatic rings. The van der Waals surface area contributed by atoms with Gasteiger partial charge in [-0.15, -0.1) is 0 Å². The monoisotopic (exact) mass is 490 g/mol. The number of amides is 2. The Kier molecular flexibility index (Phi) is 9.83. The lowest BCUT2D eigenvalue weighted by Gasteiger charge is -2.33. The van der Waals surface area contributed by atoms with Gasteiger partial charge in [-0.1, -0.05) is 68.1 Å². The van der Waals surface area contributed by atoms with Crippen LogP contribution in [0.5, 0.6) is 5.75 Å². The fourth-order valence-corrected chi connectivity index (χ4v) is 5.72. The molecule has 0 N–H and O–H groups in total. The van der Waals surface area contributed by atoms with Crippen LogP contribution in [0.2, 0.25) is 0 Å². The van der Waals surface area contributed by atoms with Gasteiger partial charge in [-0.25, -0.2) is 0 Å². The number of benzene rings is 2. The van der Waals surface area contributed by atoms with Crippen molar-refractivity contribution < 1.29 is 14.3 Å². The van der Waals surface area contributed by atoms with Crippen molar-refractivity contribution in [2.24, 2.45) is 5.92 Å². The summed E-state index contributed by atoms with van der Waals surface area (Å²) in [4.78, 5) is 31.0. The molecule has 36 heavy (non-hydrogen) atoms. The summed E-state index contributed by atoms with van der Waals surface area (Å²) in [7, 11) is 0. The Hall–Kier alpha value is -2.82. The Morgan fingerprint density at radius 2 is 1.64 bits per heavy atom. The van der Waals surface area contributed by atoms with Gasteiger partial charge in [0.2, 0.25) is 5.91 Å². The van der Waals surface area contributed by atoms with Crippen LogP contribution in [0.1, 0.15) is 80.6 Å². The molecule has 2 amide bonds. The van der Waals surface area contributed by atoms with E-state index in [0.29, 0.717) is 36.8 Å². The Balaban J connectivity index is 1.58. The van der Waals surface area contributed by atoms with Crippen LogP contribution in [-0.4, -0.2) is 53.9 Å². The van der Waals surface area contributed by atoms with E-state index < -0.39 is 0 Å². The van der Waals surface area contributed by atoms with Gasteiger partial charge in [0.1, 0.15) is 12.4 Å². The molecule has 0 spiro atoms. The second-order valence-corrected chi connectivity index (χ2v) is 10.4. The summed E-state index contributed by atoms with van der Waals surface area (Å²) >= 11 is 0. The second-order valence-electron chi connectivity index (χ2n) is 10.4. The van der Waals surface area contributed by atoms with E-state index in [9.17, 15) is 9.59 Å². The van der Waals surface area contributed by atoms with Gasteiger partial charge in [0, 0.05) is 26.1 Å². The van der Waals surface area contributed by atoms with Gasteiger partial charge in [-0.05, 0) is 62.6 Å². The molecule has 0 saturated heterocycles. The van der Waals surface area contributed by atoms with Gasteiger partial charge >= 0.3 is 0 Å². The van der Waals surface area contributed by atoms with E-state index in [1.54, 1.807) is 0 Å². The summed E-state index contributed by atoms with van der Waals surface area (Å²) in [5.41, 5.74) is 1.81. The van der Waals surface area contributed by atoms with Crippen LogP contribution >= 0.6 is 0 Å². The average Bonchev–Trinajstić information content (AvgIpc) is 3.44. The molecule has 5 heteroatoms. The van der Waals surface area contributed by atoms with Gasteiger partial charge in [-0.3, -0.25) is 9.59 Å². The van der Waals surface area contributed by atoms with E-state index in [2.05, 4.69) is 29.2 Å². The van der Waals surface area contributed by atoms with E-state index in [4.69, 9.17) is 4.74 Å². The lowest BCUT2D eigenvalue weighted by Crippen LogP contribution is -2.45. The number of hydrogen-bond donors (Lipinski definition) is 0. The standard InChI is InChI=1S/C31H42N2O3/c1-2-32-21-11-4-12-22-33(30(34)20-19-25-13-7-8-14-25)27(23-26-15-5-3-6-16-26)24-36-29-18-10-9-17-28(29)31(32)35/h3,5-6,9-10,15-18,25,27H,2,4,7-8,11-14,19-24H2,1H3/t27-/m0/s1. The molecule has 0 radical (unpaired) electrons. The van der Waals surface area contributed by atoms with Crippen LogP contribution in [0.4, 0.5) is 0 Å². The highest BCUT2D eigenvalue weighted by molar-refractivity contribution is 5.96. The Bertz CT molecular complexity index is 971. The number of rotatable bonds is 6. The van der Waals surface area contributed by atoms with Crippen molar-refractivity contribution in [1.29, 1.82) is 0 Å². The van der Waals surface area contributed by atoms with Crippen LogP contribution in [0, 0.1) is 5.92 Å². The first kappa shape index (κ1) is 26.2. The number of nitrogens with zero attached hydrogens (tertiary/aromatic N) is 2. The SMILES string of the molecule is CCN1CCCCCN(C(=O)CCC2CCCC2)[C@@H](Cc2ccccc2)COc2ccccc2C1=O. The third-order valence-corrected chi connectivity index (χ3v) is 7.86. The molecule has 194 valence electrons. The van der Waals surface area contributed by atoms with Gasteiger partial charge in [-0.2, -0.15) is 0 Å². The second kappa shape index (κ2) is 13.5. The molecule has 2 aromatic carbocycles. The van der Waals surface area contributed by atoms with E-state index >= 15 is 0 Å². The molecule has 1 heterocycles. The van der Waals surface area contributed by atoms with Crippen molar-refractivity contribution in [3.63, 3.8) is 0 Å². The van der Waals surface area contributed by atoms with E-state index in [0.717, 1.165) is 45.2 Å². The number of para-hydroxylation sites is 1. The van der Waals surface area contributed by atoms with E-state index in [1.807, 2.05) is 42.2 Å². The fraction of sp³-hybridized carbons (Fsp3) is 0.548. The molecular weight excluding hydrogens is 448 g/mol. The first-order valence-electron chi connectivity index (χ1n) is 14.0. The third-order valence-electron chi connectivity index (χ3n) is 7.86. The van der Waals surface area contributed by atoms with E-state index in [-0.39, 0.29) is 17.9 Å². The number of hydrogen-bond acceptors (Lipinski definition) is 3. The molecule has 4 rings (SSSR count). The molecule has 1 aliphatic carbocycles. The van der Waals surface area contributed by atoms with Gasteiger partial charge < -0.3 is 14.5 Å². The van der Waals surface area contributed by atoms with Crippen molar-refractivity contribution in [3.8, 4) is 5.75 Å². The zero-order valence-corrected chi connectivity index (χ0v) is 21.9. The predicted octanol–water partition coefficient (Wildman–Crippen LogP) is 6.12. The Morgan fingerprint density at radius 1 is 0.917 bits per heavy atom. The van der Waals surface area contributed by atoms with Crippen molar-refractivity contribution in [2.45, 2.75) is 77.2 Å². The maximum atomic E-state index is 13.6. The Labute approximate surface area is 216 Å². The van der Waals surface area contributed by atoms with Crippen LogP contribution in [0.25, 0.3) is 0 Å². The zero-order valence-electron chi connectivity index (χ0n) is 21.9. The van der Waals surface area contributed by atoms with Crippen LogP contribution in [0.3, 0.4) is 0 Å². The smallest absolute Gasteiger partial charge is 0.257 e. The molecule has 1 saturated carbocycles. The summed E-state index contributed by atoms with van der Waals surface area (Å²) in [6.07, 6.45) is 10.4. The van der Waals surface area contributed by atoms with E-state index in [1.165, 1.54) is 31.2 Å². The quantitative estimate of drug-likeness (QED) is 0.490. The predicted molar refractivity (Wildman–Crippen MR) is 144 cm³/mol. The van der Waals surface area contributed by atoms with Crippen molar-refractivity contribution >= 4 is 11.8 Å². The zero-order chi connectivity index (χ0) is 25.2. The molecule has 5 nitrogen and oxygen atoms in total. The molecule has 1 fully saturated rings. The maximum absolute atomic E-state index is 13.6. The fourth-order valence-electron chi connectivity index (χ4n) is 5.72. The molecule has 0 unspecified atom stereocenters. The number of carbonyl (C=O) groups excluding carboxylic acids is 2. The molecule has 1 atom stereocenters. The van der Waals surface area contributed by atoms with Crippen LogP contribution in [0.15, 0.2) is 54.6 Å². The number of ether oxygens (including phenoxy) is 1. The largest absolute Gasteiger partial charge is 0.491 e. The minimum Gasteiger partial charge on any atom is -0.491 e. The highest BCUT2D eigenvalue weighted by Crippen LogP contribution is 2.29. The third kappa shape index (κ3) is 7.11. The highest BCUT2D eigenvalue weighted by Gasteiger charge is 2.27. The molecule has 0 aromatic heterocycles. The normalized spacial score (nSPS) is 20.1. The van der Waals surface area contributed by atoms with Gasteiger partial charge in [0.05, 0.1) is 11.6 Å². The lowest BCUT2D eigenvalue weighted by molar-refractivity contribution is -0.134. The first-order chi connectivity index (χ1) is 17.7. The Morgan fingerprint density at radius 3 is 2.42 bits per heavy atom. The van der Waals surface area contributed by atoms with Gasteiger partial charge in [0.25, 0.3) is 5.91 Å². The summed E-state index contributed by atoms with van der Waals surface area (Å²) in [6.45, 7) is 4.55. The van der Waals surface area contributed by atoms with Gasteiger partial charge in [0.15, 0.2) is 0 Å². The van der Waals surface area contributed by atoms with Crippen molar-refractivity contribution in [3.05, 3.63) is 65.7 Å². The maximum Gasteiger partial charge on any atom is 0.257 e. The number of fused-ring (bicyclic) bond motifs is 1. The number of carbonyl (C=O) groups is 2. The molecule has 1 aliphatic heterocycles. The van der Waals surface area contributed by atoms with Crippen LogP contribution in [-0.2, 0) is 11.2 Å². The summed E-state index contributed by atoms with van der Waals surface area (Å²) in [5, 5.41) is 0. The minimum absolute atomic E-state index is 0.0245. The minimum atomic E-state index is -0.0744. The average molecular weight is 491 g/mol. The van der Waals surface area contributed by atoms with Crippen molar-refractivity contribution in [1.82, 2.24) is 9.80 Å². The van der Waals surface area contributed by atoms with Crippen molar-refractivity contribution in [2.75, 3.05) is 26.2 Å². The molecular formula is C31H42N2O3. The lowest BCUT2D eigenvalue weighted by atomic mass is 10.00. The first-order valence-corrected chi connectivity index (χ1v) is 14.0. The molecule has 0 bridgehead atoms. The topological polar surface area (TPSA) is 49.9 Å². The van der Waals surface area contributed by atoms with Crippen LogP contribution < -0.4 is 4.74 Å². The summed E-state index contributed by atoms with van der Waals surface area (Å²) in [6, 6.07) is 17.8. The molecule has 2 aromatic rings. The summed E-state index contributed by atoms with van der Waals surface area (Å²) in [5.74, 6) is 1.58.